The van der Waals surface area contributed by atoms with E-state index in [0.717, 1.165) is 0 Å². The molecule has 1 saturated heterocycles. The average Bonchev–Trinajstić information content (AvgIpc) is 2.52. The minimum Gasteiger partial charge on any atom is -0.347 e. The summed E-state index contributed by atoms with van der Waals surface area (Å²) in [7, 11) is 3.31. The fourth-order valence-electron chi connectivity index (χ4n) is 2.08. The van der Waals surface area contributed by atoms with Crippen molar-refractivity contribution in [3.63, 3.8) is 0 Å². The molecule has 0 radical (unpaired) electrons. The predicted octanol–water partition coefficient (Wildman–Crippen LogP) is -0.411. The van der Waals surface area contributed by atoms with Crippen molar-refractivity contribution in [3.05, 3.63) is 0 Å². The van der Waals surface area contributed by atoms with Gasteiger partial charge in [0.25, 0.3) is 0 Å². The first-order valence-corrected chi connectivity index (χ1v) is 6.08. The molecule has 1 aliphatic rings. The number of carbonyl (C=O) groups is 3. The van der Waals surface area contributed by atoms with Crippen LogP contribution in [0.2, 0.25) is 0 Å². The summed E-state index contributed by atoms with van der Waals surface area (Å²) in [4.78, 5) is 38.1. The number of rotatable bonds is 4. The van der Waals surface area contributed by atoms with E-state index < -0.39 is 12.1 Å². The van der Waals surface area contributed by atoms with E-state index in [-0.39, 0.29) is 30.2 Å². The third kappa shape index (κ3) is 2.87. The molecule has 0 aliphatic carbocycles. The van der Waals surface area contributed by atoms with Crippen molar-refractivity contribution in [2.75, 3.05) is 14.1 Å². The van der Waals surface area contributed by atoms with Crippen LogP contribution in [0.4, 0.5) is 0 Å². The first kappa shape index (κ1) is 14.6. The summed E-state index contributed by atoms with van der Waals surface area (Å²) in [5.74, 6) is -0.538. The Bertz CT molecular complexity index is 366. The molecule has 1 aliphatic heterocycles. The van der Waals surface area contributed by atoms with Crippen LogP contribution in [0.3, 0.4) is 0 Å². The lowest BCUT2D eigenvalue weighted by Gasteiger charge is -2.22. The van der Waals surface area contributed by atoms with Crippen LogP contribution in [0.25, 0.3) is 0 Å². The average molecular weight is 255 g/mol. The summed E-state index contributed by atoms with van der Waals surface area (Å²) in [5.41, 5.74) is 0. The molecule has 3 amide bonds. The maximum absolute atomic E-state index is 12.0. The summed E-state index contributed by atoms with van der Waals surface area (Å²) in [6.45, 7) is 5.29. The molecular formula is C12H21N3O3. The van der Waals surface area contributed by atoms with Crippen molar-refractivity contribution < 1.29 is 14.4 Å². The van der Waals surface area contributed by atoms with Gasteiger partial charge >= 0.3 is 0 Å². The van der Waals surface area contributed by atoms with Gasteiger partial charge in [-0.25, -0.2) is 0 Å². The van der Waals surface area contributed by atoms with Gasteiger partial charge in [-0.15, -0.1) is 0 Å². The SMILES string of the molecule is CC(NC1CC(=O)N(C(C)C)C1=O)C(=O)N(C)C. The molecule has 0 aromatic rings. The van der Waals surface area contributed by atoms with Gasteiger partial charge < -0.3 is 4.90 Å². The Balaban J connectivity index is 2.68. The van der Waals surface area contributed by atoms with Gasteiger partial charge in [0.15, 0.2) is 0 Å². The highest BCUT2D eigenvalue weighted by Gasteiger charge is 2.40. The number of carbonyl (C=O) groups excluding carboxylic acids is 3. The Morgan fingerprint density at radius 1 is 1.33 bits per heavy atom. The number of likely N-dealkylation sites (tertiary alicyclic amines) is 1. The fraction of sp³-hybridized carbons (Fsp3) is 0.750. The number of nitrogens with zero attached hydrogens (tertiary/aromatic N) is 2. The van der Waals surface area contributed by atoms with E-state index >= 15 is 0 Å². The molecule has 0 aromatic carbocycles. The highest BCUT2D eigenvalue weighted by atomic mass is 16.2. The summed E-state index contributed by atoms with van der Waals surface area (Å²) in [5, 5.41) is 2.92. The Hall–Kier alpha value is -1.43. The van der Waals surface area contributed by atoms with Crippen LogP contribution >= 0.6 is 0 Å². The zero-order valence-electron chi connectivity index (χ0n) is 11.6. The number of likely N-dealkylation sites (N-methyl/N-ethyl adjacent to an activating group) is 1. The molecule has 6 heteroatoms. The predicted molar refractivity (Wildman–Crippen MR) is 66.7 cm³/mol. The molecule has 102 valence electrons. The number of amides is 3. The van der Waals surface area contributed by atoms with E-state index in [9.17, 15) is 14.4 Å². The van der Waals surface area contributed by atoms with E-state index in [1.165, 1.54) is 9.80 Å². The smallest absolute Gasteiger partial charge is 0.247 e. The van der Waals surface area contributed by atoms with Gasteiger partial charge in [0.05, 0.1) is 18.5 Å². The van der Waals surface area contributed by atoms with Gasteiger partial charge in [-0.1, -0.05) is 0 Å². The third-order valence-electron chi connectivity index (χ3n) is 2.96. The number of nitrogens with one attached hydrogen (secondary N) is 1. The first-order chi connectivity index (χ1) is 8.25. The molecule has 0 bridgehead atoms. The maximum atomic E-state index is 12.0. The van der Waals surface area contributed by atoms with Crippen molar-refractivity contribution >= 4 is 17.7 Å². The Kier molecular flexibility index (Phi) is 4.45. The van der Waals surface area contributed by atoms with Gasteiger partial charge in [0, 0.05) is 20.1 Å². The highest BCUT2D eigenvalue weighted by Crippen LogP contribution is 2.16. The summed E-state index contributed by atoms with van der Waals surface area (Å²) >= 11 is 0. The van der Waals surface area contributed by atoms with Crippen LogP contribution in [-0.4, -0.2) is 59.7 Å². The molecule has 2 unspecified atom stereocenters. The van der Waals surface area contributed by atoms with Crippen molar-refractivity contribution in [1.29, 1.82) is 0 Å². The Labute approximate surface area is 107 Å². The van der Waals surface area contributed by atoms with E-state index in [2.05, 4.69) is 5.32 Å². The fourth-order valence-corrected chi connectivity index (χ4v) is 2.08. The normalized spacial score (nSPS) is 21.7. The standard InChI is InChI=1S/C12H21N3O3/c1-7(2)15-10(16)6-9(12(15)18)13-8(3)11(17)14(4)5/h7-9,13H,6H2,1-5H3. The molecule has 0 saturated carbocycles. The third-order valence-corrected chi connectivity index (χ3v) is 2.96. The van der Waals surface area contributed by atoms with Gasteiger partial charge in [0.2, 0.25) is 17.7 Å². The second kappa shape index (κ2) is 5.48. The molecular weight excluding hydrogens is 234 g/mol. The number of hydrogen-bond acceptors (Lipinski definition) is 4. The van der Waals surface area contributed by atoms with Crippen molar-refractivity contribution in [1.82, 2.24) is 15.1 Å². The minimum atomic E-state index is -0.584. The second-order valence-electron chi connectivity index (χ2n) is 5.07. The van der Waals surface area contributed by atoms with Gasteiger partial charge in [-0.2, -0.15) is 0 Å². The number of imide groups is 1. The zero-order valence-corrected chi connectivity index (χ0v) is 11.6. The van der Waals surface area contributed by atoms with E-state index in [1.54, 1.807) is 34.9 Å². The Morgan fingerprint density at radius 3 is 2.28 bits per heavy atom. The summed E-state index contributed by atoms with van der Waals surface area (Å²) in [6, 6.07) is -1.20. The first-order valence-electron chi connectivity index (χ1n) is 6.08. The van der Waals surface area contributed by atoms with Crippen molar-refractivity contribution in [2.24, 2.45) is 0 Å². The molecule has 0 spiro atoms. The summed E-state index contributed by atoms with van der Waals surface area (Å²) in [6.07, 6.45) is 0.127. The minimum absolute atomic E-state index is 0.113. The van der Waals surface area contributed by atoms with Crippen LogP contribution in [0.1, 0.15) is 27.2 Å². The zero-order chi connectivity index (χ0) is 14.0. The monoisotopic (exact) mass is 255 g/mol. The molecule has 1 fully saturated rings. The van der Waals surface area contributed by atoms with Gasteiger partial charge in [0.1, 0.15) is 0 Å². The van der Waals surface area contributed by atoms with Crippen molar-refractivity contribution in [3.8, 4) is 0 Å². The molecule has 0 aromatic heterocycles. The van der Waals surface area contributed by atoms with E-state index in [1.807, 2.05) is 0 Å². The van der Waals surface area contributed by atoms with Crippen LogP contribution in [0.15, 0.2) is 0 Å². The largest absolute Gasteiger partial charge is 0.347 e. The lowest BCUT2D eigenvalue weighted by atomic mass is 10.2. The van der Waals surface area contributed by atoms with Crippen LogP contribution in [0.5, 0.6) is 0 Å². The van der Waals surface area contributed by atoms with Gasteiger partial charge in [-0.05, 0) is 20.8 Å². The van der Waals surface area contributed by atoms with E-state index in [0.29, 0.717) is 0 Å². The molecule has 1 N–H and O–H groups in total. The van der Waals surface area contributed by atoms with Crippen LogP contribution in [0, 0.1) is 0 Å². The second-order valence-corrected chi connectivity index (χ2v) is 5.07. The highest BCUT2D eigenvalue weighted by molar-refractivity contribution is 6.06. The maximum Gasteiger partial charge on any atom is 0.247 e. The molecule has 1 heterocycles. The lowest BCUT2D eigenvalue weighted by Crippen LogP contribution is -2.49. The van der Waals surface area contributed by atoms with Gasteiger partial charge in [-0.3, -0.25) is 24.6 Å². The topological polar surface area (TPSA) is 69.7 Å². The van der Waals surface area contributed by atoms with Crippen LogP contribution < -0.4 is 5.32 Å². The van der Waals surface area contributed by atoms with Crippen LogP contribution in [-0.2, 0) is 14.4 Å². The summed E-state index contributed by atoms with van der Waals surface area (Å²) < 4.78 is 0. The molecule has 2 atom stereocenters. The molecule has 18 heavy (non-hydrogen) atoms. The Morgan fingerprint density at radius 2 is 1.89 bits per heavy atom. The number of hydrogen-bond donors (Lipinski definition) is 1. The van der Waals surface area contributed by atoms with Crippen molar-refractivity contribution in [2.45, 2.75) is 45.3 Å². The lowest BCUT2D eigenvalue weighted by molar-refractivity contribution is -0.140. The molecule has 1 rings (SSSR count). The quantitative estimate of drug-likeness (QED) is 0.693. The molecule has 6 nitrogen and oxygen atoms in total. The van der Waals surface area contributed by atoms with E-state index in [4.69, 9.17) is 0 Å².